The smallest absolute Gasteiger partial charge is 0.416 e. The third-order valence-corrected chi connectivity index (χ3v) is 6.03. The summed E-state index contributed by atoms with van der Waals surface area (Å²) in [6.07, 6.45) is -4.38. The normalized spacial score (nSPS) is 14.9. The molecule has 10 heteroatoms. The number of H-pyrrole nitrogens is 1. The number of hydrogen-bond donors (Lipinski definition) is 3. The Balaban J connectivity index is 1.41. The van der Waals surface area contributed by atoms with E-state index in [1.54, 1.807) is 6.07 Å². The number of esters is 1. The molecule has 1 aliphatic heterocycles. The highest BCUT2D eigenvalue weighted by atomic mass is 19.4. The molecule has 0 atom stereocenters. The largest absolute Gasteiger partial charge is 0.464 e. The number of rotatable bonds is 5. The molecule has 1 saturated heterocycles. The molecule has 0 saturated carbocycles. The van der Waals surface area contributed by atoms with Crippen molar-refractivity contribution in [2.24, 2.45) is 0 Å². The second-order valence-electron chi connectivity index (χ2n) is 8.43. The highest BCUT2D eigenvalue weighted by molar-refractivity contribution is 6.11. The zero-order chi connectivity index (χ0) is 24.5. The maximum absolute atomic E-state index is 13.0. The van der Waals surface area contributed by atoms with Crippen molar-refractivity contribution in [3.63, 3.8) is 0 Å². The minimum absolute atomic E-state index is 0.176. The molecule has 0 aliphatic carbocycles. The van der Waals surface area contributed by atoms with E-state index >= 15 is 0 Å². The first-order chi connectivity index (χ1) is 16.2. The minimum Gasteiger partial charge on any atom is -0.464 e. The van der Waals surface area contributed by atoms with Gasteiger partial charge in [0.25, 0.3) is 5.91 Å². The maximum atomic E-state index is 13.0. The number of aromatic amines is 1. The molecule has 7 nitrogen and oxygen atoms in total. The molecule has 0 bridgehead atoms. The molecule has 3 aromatic rings. The van der Waals surface area contributed by atoms with Gasteiger partial charge in [0.2, 0.25) is 0 Å². The molecule has 1 fully saturated rings. The summed E-state index contributed by atoms with van der Waals surface area (Å²) in [5, 5.41) is 3.56. The van der Waals surface area contributed by atoms with Gasteiger partial charge in [-0.3, -0.25) is 4.79 Å². The number of benzene rings is 2. The van der Waals surface area contributed by atoms with Gasteiger partial charge in [0.05, 0.1) is 44.5 Å². The van der Waals surface area contributed by atoms with Gasteiger partial charge in [-0.15, -0.1) is 0 Å². The Kier molecular flexibility index (Phi) is 6.52. The van der Waals surface area contributed by atoms with E-state index in [1.807, 2.05) is 30.0 Å². The van der Waals surface area contributed by atoms with Crippen LogP contribution in [0.1, 0.15) is 21.6 Å². The predicted octanol–water partition coefficient (Wildman–Crippen LogP) is 2.63. The molecule has 4 rings (SSSR count). The summed E-state index contributed by atoms with van der Waals surface area (Å²) in [5.74, 6) is -0.833. The summed E-state index contributed by atoms with van der Waals surface area (Å²) in [4.78, 5) is 31.0. The van der Waals surface area contributed by atoms with Crippen molar-refractivity contribution in [2.45, 2.75) is 13.1 Å². The number of anilines is 2. The monoisotopic (exact) mass is 475 g/mol. The van der Waals surface area contributed by atoms with Crippen LogP contribution in [-0.4, -0.2) is 56.7 Å². The van der Waals surface area contributed by atoms with Crippen LogP contribution in [0.3, 0.4) is 0 Å². The molecule has 1 aliphatic rings. The van der Waals surface area contributed by atoms with E-state index in [4.69, 9.17) is 4.74 Å². The van der Waals surface area contributed by atoms with Gasteiger partial charge in [-0.05, 0) is 36.8 Å². The number of halogens is 3. The zero-order valence-electron chi connectivity index (χ0n) is 18.9. The summed E-state index contributed by atoms with van der Waals surface area (Å²) in [5.41, 5.74) is 2.14. The Bertz CT molecular complexity index is 1210. The van der Waals surface area contributed by atoms with Crippen molar-refractivity contribution in [2.75, 3.05) is 50.1 Å². The van der Waals surface area contributed by atoms with Crippen molar-refractivity contribution in [1.29, 1.82) is 0 Å². The number of carbonyl (C=O) groups excluding carboxylic acids is 2. The fourth-order valence-electron chi connectivity index (χ4n) is 4.24. The van der Waals surface area contributed by atoms with Gasteiger partial charge < -0.3 is 24.8 Å². The van der Waals surface area contributed by atoms with Crippen LogP contribution in [0.4, 0.5) is 24.5 Å². The summed E-state index contributed by atoms with van der Waals surface area (Å²) in [6.45, 7) is 4.36. The Morgan fingerprint density at radius 1 is 1.15 bits per heavy atom. The summed E-state index contributed by atoms with van der Waals surface area (Å²) < 4.78 is 43.9. The Morgan fingerprint density at radius 2 is 1.88 bits per heavy atom. The van der Waals surface area contributed by atoms with Crippen molar-refractivity contribution in [1.82, 2.24) is 4.98 Å². The molecule has 0 unspecified atom stereocenters. The van der Waals surface area contributed by atoms with E-state index in [-0.39, 0.29) is 18.1 Å². The fourth-order valence-corrected chi connectivity index (χ4v) is 4.24. The molecule has 2 heterocycles. The van der Waals surface area contributed by atoms with E-state index in [9.17, 15) is 22.8 Å². The van der Waals surface area contributed by atoms with Crippen LogP contribution >= 0.6 is 0 Å². The third kappa shape index (κ3) is 5.01. The highest BCUT2D eigenvalue weighted by Crippen LogP contribution is 2.32. The average molecular weight is 475 g/mol. The van der Waals surface area contributed by atoms with Crippen molar-refractivity contribution in [3.8, 4) is 0 Å². The number of aryl methyl sites for hydroxylation is 1. The lowest BCUT2D eigenvalue weighted by Gasteiger charge is -2.33. The number of alkyl halides is 3. The van der Waals surface area contributed by atoms with Gasteiger partial charge in [0.1, 0.15) is 5.69 Å². The quantitative estimate of drug-likeness (QED) is 0.496. The SMILES string of the molecule is COC(=O)c1[nH]c2cc(C)ccc2c1NC(=O)C[NH+]1CCN(c2cccc(C(F)(F)F)c2)CC1. The standard InChI is InChI=1S/C24H25F3N4O3/c1-15-6-7-18-19(12-15)28-22(23(33)34-2)21(18)29-20(32)14-30-8-10-31(11-9-30)17-5-3-4-16(13-17)24(25,26)27/h3-7,12-13,28H,8-11,14H2,1-2H3,(H,29,32)/p+1. The van der Waals surface area contributed by atoms with Crippen LogP contribution in [0.15, 0.2) is 42.5 Å². The number of methoxy groups -OCH3 is 1. The van der Waals surface area contributed by atoms with Crippen LogP contribution in [0.2, 0.25) is 0 Å². The van der Waals surface area contributed by atoms with E-state index in [1.165, 1.54) is 13.2 Å². The van der Waals surface area contributed by atoms with Gasteiger partial charge in [-0.1, -0.05) is 18.2 Å². The summed E-state index contributed by atoms with van der Waals surface area (Å²) in [7, 11) is 1.28. The Morgan fingerprint density at radius 3 is 2.56 bits per heavy atom. The first-order valence-corrected chi connectivity index (χ1v) is 10.9. The number of piperazine rings is 1. The number of ether oxygens (including phenoxy) is 1. The van der Waals surface area contributed by atoms with Gasteiger partial charge in [-0.2, -0.15) is 13.2 Å². The van der Waals surface area contributed by atoms with Crippen LogP contribution in [0.5, 0.6) is 0 Å². The molecular formula is C24H26F3N4O3+. The number of nitrogens with one attached hydrogen (secondary N) is 3. The molecule has 1 amide bonds. The topological polar surface area (TPSA) is 78.9 Å². The van der Waals surface area contributed by atoms with Crippen LogP contribution in [0, 0.1) is 6.92 Å². The van der Waals surface area contributed by atoms with E-state index in [0.717, 1.165) is 28.1 Å². The lowest BCUT2D eigenvalue weighted by Crippen LogP contribution is -3.15. The van der Waals surface area contributed by atoms with E-state index in [2.05, 4.69) is 10.3 Å². The van der Waals surface area contributed by atoms with E-state index in [0.29, 0.717) is 42.9 Å². The molecule has 180 valence electrons. The van der Waals surface area contributed by atoms with Crippen molar-refractivity contribution in [3.05, 3.63) is 59.3 Å². The number of amides is 1. The summed E-state index contributed by atoms with van der Waals surface area (Å²) >= 11 is 0. The second kappa shape index (κ2) is 9.38. The van der Waals surface area contributed by atoms with Gasteiger partial charge in [0.15, 0.2) is 6.54 Å². The first-order valence-electron chi connectivity index (χ1n) is 10.9. The lowest BCUT2D eigenvalue weighted by molar-refractivity contribution is -0.892. The molecule has 0 radical (unpaired) electrons. The van der Waals surface area contributed by atoms with Gasteiger partial charge >= 0.3 is 12.1 Å². The second-order valence-corrected chi connectivity index (χ2v) is 8.43. The molecular weight excluding hydrogens is 449 g/mol. The highest BCUT2D eigenvalue weighted by Gasteiger charge is 2.31. The first kappa shape index (κ1) is 23.6. The van der Waals surface area contributed by atoms with Gasteiger partial charge in [-0.25, -0.2) is 4.79 Å². The summed E-state index contributed by atoms with van der Waals surface area (Å²) in [6, 6.07) is 10.9. The number of carbonyl (C=O) groups is 2. The maximum Gasteiger partial charge on any atom is 0.416 e. The molecule has 0 spiro atoms. The van der Waals surface area contributed by atoms with Crippen LogP contribution in [0.25, 0.3) is 10.9 Å². The molecule has 1 aromatic heterocycles. The average Bonchev–Trinajstić information content (AvgIpc) is 3.15. The molecule has 3 N–H and O–H groups in total. The van der Waals surface area contributed by atoms with Crippen LogP contribution in [-0.2, 0) is 15.7 Å². The lowest BCUT2D eigenvalue weighted by atomic mass is 10.1. The number of nitrogens with zero attached hydrogens (tertiary/aromatic N) is 1. The Hall–Kier alpha value is -3.53. The molecule has 34 heavy (non-hydrogen) atoms. The Labute approximate surface area is 194 Å². The number of quaternary nitrogens is 1. The number of fused-ring (bicyclic) bond motifs is 1. The van der Waals surface area contributed by atoms with Crippen LogP contribution < -0.4 is 15.1 Å². The minimum atomic E-state index is -4.38. The molecule has 2 aromatic carbocycles. The number of aromatic nitrogens is 1. The van der Waals surface area contributed by atoms with Gasteiger partial charge in [0, 0.05) is 16.6 Å². The van der Waals surface area contributed by atoms with E-state index < -0.39 is 17.7 Å². The third-order valence-electron chi connectivity index (χ3n) is 6.03. The fraction of sp³-hybridized carbons (Fsp3) is 0.333. The predicted molar refractivity (Wildman–Crippen MR) is 122 cm³/mol. The van der Waals surface area contributed by atoms with Crippen molar-refractivity contribution < 1.29 is 32.4 Å². The van der Waals surface area contributed by atoms with Crippen molar-refractivity contribution >= 4 is 34.2 Å². The number of hydrogen-bond acceptors (Lipinski definition) is 4. The zero-order valence-corrected chi connectivity index (χ0v) is 18.9.